The molecule has 3 N–H and O–H groups in total. The summed E-state index contributed by atoms with van der Waals surface area (Å²) in [6.45, 7) is 0.735. The topological polar surface area (TPSA) is 82.8 Å². The SMILES string of the molecule is CO[Si](OC)(OC)C(=O)C1NCCC1N. The van der Waals surface area contributed by atoms with Crippen molar-refractivity contribution in [3.05, 3.63) is 0 Å². The summed E-state index contributed by atoms with van der Waals surface area (Å²) in [4.78, 5) is 12.1. The zero-order valence-electron chi connectivity index (χ0n) is 9.28. The fourth-order valence-corrected chi connectivity index (χ4v) is 3.55. The molecule has 1 saturated heterocycles. The standard InChI is InChI=1S/C8H18N2O4Si/c1-12-15(13-2,14-3)8(11)7-6(9)4-5-10-7/h6-7,10H,4-5,9H2,1-3H3. The number of hydrogen-bond acceptors (Lipinski definition) is 6. The van der Waals surface area contributed by atoms with E-state index in [0.29, 0.717) is 0 Å². The highest BCUT2D eigenvalue weighted by Gasteiger charge is 2.53. The molecule has 7 heteroatoms. The smallest absolute Gasteiger partial charge is 0.372 e. The van der Waals surface area contributed by atoms with Gasteiger partial charge < -0.3 is 24.3 Å². The molecule has 6 nitrogen and oxygen atoms in total. The van der Waals surface area contributed by atoms with Crippen LogP contribution in [0.2, 0.25) is 0 Å². The number of rotatable bonds is 5. The van der Waals surface area contributed by atoms with E-state index in [0.717, 1.165) is 13.0 Å². The van der Waals surface area contributed by atoms with E-state index in [9.17, 15) is 4.79 Å². The van der Waals surface area contributed by atoms with Crippen LogP contribution < -0.4 is 11.1 Å². The summed E-state index contributed by atoms with van der Waals surface area (Å²) in [6, 6.07) is -0.610. The largest absolute Gasteiger partial charge is 0.575 e. The minimum Gasteiger partial charge on any atom is -0.372 e. The number of nitrogens with two attached hydrogens (primary N) is 1. The second-order valence-corrected chi connectivity index (χ2v) is 6.25. The van der Waals surface area contributed by atoms with Crippen LogP contribution in [0.3, 0.4) is 0 Å². The van der Waals surface area contributed by atoms with Gasteiger partial charge in [-0.3, -0.25) is 4.79 Å². The van der Waals surface area contributed by atoms with Gasteiger partial charge in [-0.15, -0.1) is 0 Å². The third-order valence-electron chi connectivity index (χ3n) is 2.66. The summed E-state index contributed by atoms with van der Waals surface area (Å²) in [6.07, 6.45) is 0.776. The molecule has 0 bridgehead atoms. The molecule has 0 aromatic rings. The Balaban J connectivity index is 2.80. The van der Waals surface area contributed by atoms with Gasteiger partial charge in [-0.2, -0.15) is 0 Å². The van der Waals surface area contributed by atoms with Crippen molar-refractivity contribution in [2.24, 2.45) is 5.73 Å². The van der Waals surface area contributed by atoms with Crippen LogP contribution in [0.15, 0.2) is 0 Å². The molecular weight excluding hydrogens is 216 g/mol. The van der Waals surface area contributed by atoms with Crippen molar-refractivity contribution in [1.29, 1.82) is 0 Å². The normalized spacial score (nSPS) is 26.9. The van der Waals surface area contributed by atoms with Gasteiger partial charge in [0.1, 0.15) is 0 Å². The van der Waals surface area contributed by atoms with Gasteiger partial charge in [0.25, 0.3) is 0 Å². The molecule has 1 aliphatic heterocycles. The summed E-state index contributed by atoms with van der Waals surface area (Å²) in [5.41, 5.74) is 5.81. The molecule has 2 unspecified atom stereocenters. The molecule has 0 aromatic heterocycles. The molecule has 0 spiro atoms. The highest BCUT2D eigenvalue weighted by atomic mass is 28.4. The molecule has 1 fully saturated rings. The zero-order valence-corrected chi connectivity index (χ0v) is 10.3. The van der Waals surface area contributed by atoms with E-state index < -0.39 is 14.8 Å². The molecule has 0 radical (unpaired) electrons. The van der Waals surface area contributed by atoms with E-state index in [1.807, 2.05) is 0 Å². The van der Waals surface area contributed by atoms with Crippen LogP contribution in [0.1, 0.15) is 6.42 Å². The Kier molecular flexibility index (Phi) is 4.38. The van der Waals surface area contributed by atoms with E-state index in [1.54, 1.807) is 0 Å². The lowest BCUT2D eigenvalue weighted by molar-refractivity contribution is -0.120. The third-order valence-corrected chi connectivity index (χ3v) is 5.19. The lowest BCUT2D eigenvalue weighted by atomic mass is 10.2. The Labute approximate surface area is 90.4 Å². The highest BCUT2D eigenvalue weighted by molar-refractivity contribution is 6.93. The molecule has 2 atom stereocenters. The fourth-order valence-electron chi connectivity index (χ4n) is 1.75. The molecule has 0 amide bonds. The molecule has 1 rings (SSSR count). The number of hydrogen-bond donors (Lipinski definition) is 2. The average molecular weight is 234 g/mol. The van der Waals surface area contributed by atoms with Gasteiger partial charge in [-0.05, 0) is 13.0 Å². The Morgan fingerprint density at radius 3 is 2.20 bits per heavy atom. The summed E-state index contributed by atoms with van der Waals surface area (Å²) in [7, 11) is 1.03. The molecular formula is C8H18N2O4Si. The summed E-state index contributed by atoms with van der Waals surface area (Å²) in [5, 5.41) is 2.84. The lowest BCUT2D eigenvalue weighted by Gasteiger charge is -2.26. The Morgan fingerprint density at radius 2 is 1.87 bits per heavy atom. The van der Waals surface area contributed by atoms with Crippen LogP contribution in [0.4, 0.5) is 0 Å². The van der Waals surface area contributed by atoms with Gasteiger partial charge in [-0.25, -0.2) is 0 Å². The van der Waals surface area contributed by atoms with Crippen LogP contribution >= 0.6 is 0 Å². The molecule has 15 heavy (non-hydrogen) atoms. The first-order valence-electron chi connectivity index (χ1n) is 4.80. The maximum absolute atomic E-state index is 12.1. The first kappa shape index (κ1) is 12.8. The van der Waals surface area contributed by atoms with Crippen LogP contribution in [0, 0.1) is 0 Å². The second kappa shape index (κ2) is 5.15. The van der Waals surface area contributed by atoms with Gasteiger partial charge in [-0.1, -0.05) is 0 Å². The fraction of sp³-hybridized carbons (Fsp3) is 0.875. The molecule has 1 aliphatic rings. The third kappa shape index (κ3) is 2.27. The van der Waals surface area contributed by atoms with Crippen LogP contribution in [0.5, 0.6) is 0 Å². The molecule has 0 aromatic carbocycles. The van der Waals surface area contributed by atoms with Crippen molar-refractivity contribution in [3.63, 3.8) is 0 Å². The average Bonchev–Trinajstić information content (AvgIpc) is 2.67. The minimum absolute atomic E-state index is 0.190. The minimum atomic E-state index is -3.21. The number of nitrogens with one attached hydrogen (secondary N) is 1. The van der Waals surface area contributed by atoms with Crippen molar-refractivity contribution >= 4 is 14.2 Å². The summed E-state index contributed by atoms with van der Waals surface area (Å²) >= 11 is 0. The first-order valence-corrected chi connectivity index (χ1v) is 6.52. The predicted molar refractivity (Wildman–Crippen MR) is 56.2 cm³/mol. The van der Waals surface area contributed by atoms with Gasteiger partial charge in [0.05, 0.1) is 6.04 Å². The summed E-state index contributed by atoms with van der Waals surface area (Å²) < 4.78 is 15.3. The van der Waals surface area contributed by atoms with E-state index in [1.165, 1.54) is 21.3 Å². The van der Waals surface area contributed by atoms with E-state index in [4.69, 9.17) is 19.0 Å². The zero-order chi connectivity index (χ0) is 11.5. The van der Waals surface area contributed by atoms with Crippen LogP contribution in [-0.2, 0) is 18.1 Å². The van der Waals surface area contributed by atoms with Crippen molar-refractivity contribution in [2.75, 3.05) is 27.9 Å². The Bertz CT molecular complexity index is 226. The number of carbonyl (C=O) groups excluding carboxylic acids is 1. The van der Waals surface area contributed by atoms with Crippen LogP contribution in [0.25, 0.3) is 0 Å². The van der Waals surface area contributed by atoms with E-state index in [-0.39, 0.29) is 11.4 Å². The predicted octanol–water partition coefficient (Wildman–Crippen LogP) is -1.34. The van der Waals surface area contributed by atoms with Gasteiger partial charge in [0.15, 0.2) is 0 Å². The van der Waals surface area contributed by atoms with Crippen molar-refractivity contribution in [1.82, 2.24) is 5.32 Å². The van der Waals surface area contributed by atoms with Crippen molar-refractivity contribution in [3.8, 4) is 0 Å². The van der Waals surface area contributed by atoms with E-state index >= 15 is 0 Å². The van der Waals surface area contributed by atoms with Crippen molar-refractivity contribution < 1.29 is 18.1 Å². The monoisotopic (exact) mass is 234 g/mol. The molecule has 1 heterocycles. The molecule has 0 aliphatic carbocycles. The van der Waals surface area contributed by atoms with Gasteiger partial charge in [0.2, 0.25) is 5.41 Å². The molecule has 88 valence electrons. The van der Waals surface area contributed by atoms with E-state index in [2.05, 4.69) is 5.32 Å². The van der Waals surface area contributed by atoms with Crippen molar-refractivity contribution in [2.45, 2.75) is 18.5 Å². The Morgan fingerprint density at radius 1 is 1.33 bits per heavy atom. The van der Waals surface area contributed by atoms with Crippen LogP contribution in [-0.4, -0.2) is 54.2 Å². The summed E-state index contributed by atoms with van der Waals surface area (Å²) in [5.74, 6) is 0. The number of carbonyl (C=O) groups is 1. The molecule has 0 saturated carbocycles. The van der Waals surface area contributed by atoms with Gasteiger partial charge >= 0.3 is 8.80 Å². The maximum atomic E-state index is 12.1. The van der Waals surface area contributed by atoms with Gasteiger partial charge in [0, 0.05) is 27.4 Å². The lowest BCUT2D eigenvalue weighted by Crippen LogP contribution is -2.61. The highest BCUT2D eigenvalue weighted by Crippen LogP contribution is 2.15. The maximum Gasteiger partial charge on any atom is 0.575 e. The quantitative estimate of drug-likeness (QED) is 0.573. The Hall–Kier alpha value is -0.313. The first-order chi connectivity index (χ1) is 7.11. The second-order valence-electron chi connectivity index (χ2n) is 3.42.